The number of hydrogen-bond donors (Lipinski definition) is 1. The van der Waals surface area contributed by atoms with E-state index in [4.69, 9.17) is 5.84 Å². The molecule has 3 heteroatoms. The number of rotatable bonds is 2. The number of nitrogens with two attached hydrogens (primary N) is 1. The molecule has 0 bridgehead atoms. The van der Waals surface area contributed by atoms with E-state index in [9.17, 15) is 4.39 Å². The average Bonchev–Trinajstić information content (AvgIpc) is 2.82. The topological polar surface area (TPSA) is 29.3 Å². The van der Waals surface area contributed by atoms with Crippen LogP contribution in [0.5, 0.6) is 0 Å². The monoisotopic (exact) mass is 240 g/mol. The van der Waals surface area contributed by atoms with Gasteiger partial charge in [0.1, 0.15) is 5.82 Å². The first-order valence-corrected chi connectivity index (χ1v) is 5.82. The third-order valence-electron chi connectivity index (χ3n) is 3.20. The zero-order valence-corrected chi connectivity index (χ0v) is 9.75. The fourth-order valence-corrected chi connectivity index (χ4v) is 2.25. The van der Waals surface area contributed by atoms with Gasteiger partial charge in [-0.2, -0.15) is 0 Å². The summed E-state index contributed by atoms with van der Waals surface area (Å²) in [7, 11) is 0. The highest BCUT2D eigenvalue weighted by Crippen LogP contribution is 2.33. The molecule has 0 radical (unpaired) electrons. The second kappa shape index (κ2) is 4.27. The molecule has 0 spiro atoms. The van der Waals surface area contributed by atoms with Gasteiger partial charge in [-0.1, -0.05) is 36.4 Å². The Bertz CT molecular complexity index is 590. The SMILES string of the molecule is NN(c1ccc(F)cc1)C1C=Cc2ccccc21. The lowest BCUT2D eigenvalue weighted by molar-refractivity contribution is 0.627. The summed E-state index contributed by atoms with van der Waals surface area (Å²) in [6.45, 7) is 0. The number of fused-ring (bicyclic) bond motifs is 1. The van der Waals surface area contributed by atoms with Crippen molar-refractivity contribution in [3.05, 3.63) is 71.6 Å². The van der Waals surface area contributed by atoms with Crippen LogP contribution in [0.3, 0.4) is 0 Å². The van der Waals surface area contributed by atoms with Crippen molar-refractivity contribution in [1.29, 1.82) is 0 Å². The van der Waals surface area contributed by atoms with E-state index in [1.165, 1.54) is 23.3 Å². The Balaban J connectivity index is 1.93. The molecule has 0 aromatic heterocycles. The summed E-state index contributed by atoms with van der Waals surface area (Å²) in [6, 6.07) is 14.3. The first kappa shape index (κ1) is 11.0. The van der Waals surface area contributed by atoms with E-state index < -0.39 is 0 Å². The molecule has 1 aliphatic carbocycles. The molecule has 1 aliphatic rings. The summed E-state index contributed by atoms with van der Waals surface area (Å²) < 4.78 is 12.9. The molecular formula is C15H13FN2. The highest BCUT2D eigenvalue weighted by atomic mass is 19.1. The standard InChI is InChI=1S/C15H13FN2/c16-12-6-8-13(9-7-12)18(17)15-10-5-11-3-1-2-4-14(11)15/h1-10,15H,17H2. The number of hydrogen-bond acceptors (Lipinski definition) is 2. The van der Waals surface area contributed by atoms with Gasteiger partial charge in [0.25, 0.3) is 0 Å². The second-order valence-electron chi connectivity index (χ2n) is 4.32. The quantitative estimate of drug-likeness (QED) is 0.644. The van der Waals surface area contributed by atoms with Crippen LogP contribution in [0.1, 0.15) is 17.2 Å². The first-order valence-electron chi connectivity index (χ1n) is 5.82. The molecule has 0 aliphatic heterocycles. The summed E-state index contributed by atoms with van der Waals surface area (Å²) >= 11 is 0. The van der Waals surface area contributed by atoms with Crippen LogP contribution in [0.2, 0.25) is 0 Å². The predicted molar refractivity (Wildman–Crippen MR) is 71.3 cm³/mol. The lowest BCUT2D eigenvalue weighted by Crippen LogP contribution is -2.33. The summed E-state index contributed by atoms with van der Waals surface area (Å²) in [5.41, 5.74) is 3.15. The average molecular weight is 240 g/mol. The largest absolute Gasteiger partial charge is 0.300 e. The van der Waals surface area contributed by atoms with Gasteiger partial charge in [-0.05, 0) is 35.4 Å². The van der Waals surface area contributed by atoms with E-state index in [2.05, 4.69) is 18.2 Å². The first-order chi connectivity index (χ1) is 8.75. The van der Waals surface area contributed by atoms with E-state index in [0.717, 1.165) is 5.69 Å². The normalized spacial score (nSPS) is 16.7. The molecule has 0 saturated heterocycles. The van der Waals surface area contributed by atoms with E-state index in [-0.39, 0.29) is 11.9 Å². The van der Waals surface area contributed by atoms with Crippen molar-refractivity contribution < 1.29 is 4.39 Å². The Morgan fingerprint density at radius 3 is 2.50 bits per heavy atom. The molecular weight excluding hydrogens is 227 g/mol. The van der Waals surface area contributed by atoms with Gasteiger partial charge >= 0.3 is 0 Å². The van der Waals surface area contributed by atoms with E-state index in [1.54, 1.807) is 17.1 Å². The molecule has 18 heavy (non-hydrogen) atoms. The van der Waals surface area contributed by atoms with Crippen molar-refractivity contribution in [2.45, 2.75) is 6.04 Å². The van der Waals surface area contributed by atoms with Crippen molar-refractivity contribution in [3.63, 3.8) is 0 Å². The zero-order chi connectivity index (χ0) is 12.5. The Morgan fingerprint density at radius 2 is 1.72 bits per heavy atom. The maximum atomic E-state index is 12.9. The summed E-state index contributed by atoms with van der Waals surface area (Å²) in [5, 5.41) is 1.65. The lowest BCUT2D eigenvalue weighted by Gasteiger charge is -2.25. The Morgan fingerprint density at radius 1 is 1.00 bits per heavy atom. The third-order valence-corrected chi connectivity index (χ3v) is 3.20. The van der Waals surface area contributed by atoms with Gasteiger partial charge in [-0.3, -0.25) is 5.01 Å². The minimum absolute atomic E-state index is 0.00617. The fourth-order valence-electron chi connectivity index (χ4n) is 2.25. The Hall–Kier alpha value is -2.13. The van der Waals surface area contributed by atoms with Gasteiger partial charge in [0.2, 0.25) is 0 Å². The second-order valence-corrected chi connectivity index (χ2v) is 4.32. The van der Waals surface area contributed by atoms with Crippen LogP contribution in [-0.4, -0.2) is 0 Å². The minimum atomic E-state index is -0.255. The molecule has 90 valence electrons. The van der Waals surface area contributed by atoms with Crippen LogP contribution in [0.15, 0.2) is 54.6 Å². The third kappa shape index (κ3) is 1.79. The molecule has 2 aromatic rings. The molecule has 1 unspecified atom stereocenters. The van der Waals surface area contributed by atoms with E-state index in [0.29, 0.717) is 0 Å². The molecule has 2 N–H and O–H groups in total. The van der Waals surface area contributed by atoms with Crippen molar-refractivity contribution >= 4 is 11.8 Å². The molecule has 0 saturated carbocycles. The molecule has 1 atom stereocenters. The number of anilines is 1. The molecule has 0 amide bonds. The van der Waals surface area contributed by atoms with Crippen LogP contribution in [0, 0.1) is 5.82 Å². The molecule has 3 rings (SSSR count). The predicted octanol–water partition coefficient (Wildman–Crippen LogP) is 3.27. The maximum absolute atomic E-state index is 12.9. The maximum Gasteiger partial charge on any atom is 0.123 e. The summed E-state index contributed by atoms with van der Waals surface area (Å²) in [6.07, 6.45) is 4.11. The lowest BCUT2D eigenvalue weighted by atomic mass is 10.1. The zero-order valence-electron chi connectivity index (χ0n) is 9.75. The summed E-state index contributed by atoms with van der Waals surface area (Å²) in [4.78, 5) is 0. The highest BCUT2D eigenvalue weighted by Gasteiger charge is 2.21. The van der Waals surface area contributed by atoms with Crippen LogP contribution >= 0.6 is 0 Å². The van der Waals surface area contributed by atoms with Crippen molar-refractivity contribution in [2.75, 3.05) is 5.01 Å². The molecule has 0 fully saturated rings. The smallest absolute Gasteiger partial charge is 0.123 e. The van der Waals surface area contributed by atoms with E-state index in [1.807, 2.05) is 18.2 Å². The molecule has 2 aromatic carbocycles. The molecule has 2 nitrogen and oxygen atoms in total. The van der Waals surface area contributed by atoms with Gasteiger partial charge < -0.3 is 0 Å². The van der Waals surface area contributed by atoms with Crippen molar-refractivity contribution in [2.24, 2.45) is 5.84 Å². The van der Waals surface area contributed by atoms with Crippen LogP contribution in [0.25, 0.3) is 6.08 Å². The number of hydrazine groups is 1. The van der Waals surface area contributed by atoms with Crippen LogP contribution in [-0.2, 0) is 0 Å². The Labute approximate surface area is 105 Å². The fraction of sp³-hybridized carbons (Fsp3) is 0.0667. The van der Waals surface area contributed by atoms with Crippen molar-refractivity contribution in [1.82, 2.24) is 0 Å². The van der Waals surface area contributed by atoms with Gasteiger partial charge in [-0.15, -0.1) is 0 Å². The number of nitrogens with zero attached hydrogens (tertiary/aromatic N) is 1. The minimum Gasteiger partial charge on any atom is -0.300 e. The highest BCUT2D eigenvalue weighted by molar-refractivity contribution is 5.65. The van der Waals surface area contributed by atoms with Gasteiger partial charge in [0, 0.05) is 0 Å². The Kier molecular flexibility index (Phi) is 2.61. The van der Waals surface area contributed by atoms with Crippen LogP contribution < -0.4 is 10.9 Å². The van der Waals surface area contributed by atoms with Gasteiger partial charge in [0.05, 0.1) is 11.7 Å². The van der Waals surface area contributed by atoms with Gasteiger partial charge in [-0.25, -0.2) is 10.2 Å². The number of halogens is 1. The number of benzene rings is 2. The van der Waals surface area contributed by atoms with Gasteiger partial charge in [0.15, 0.2) is 0 Å². The van der Waals surface area contributed by atoms with Crippen LogP contribution in [0.4, 0.5) is 10.1 Å². The summed E-state index contributed by atoms with van der Waals surface area (Å²) in [5.74, 6) is 5.87. The van der Waals surface area contributed by atoms with E-state index >= 15 is 0 Å². The molecule has 0 heterocycles. The van der Waals surface area contributed by atoms with Crippen molar-refractivity contribution in [3.8, 4) is 0 Å².